The van der Waals surface area contributed by atoms with E-state index in [0.717, 1.165) is 128 Å². The van der Waals surface area contributed by atoms with Gasteiger partial charge in [-0.15, -0.1) is 0 Å². The Morgan fingerprint density at radius 3 is 0.944 bits per heavy atom. The van der Waals surface area contributed by atoms with Crippen molar-refractivity contribution in [3.63, 3.8) is 0 Å². The molecule has 510 valence electrons. The van der Waals surface area contributed by atoms with Crippen LogP contribution in [-0.4, -0.2) is 70.0 Å². The second-order valence-electron chi connectivity index (χ2n) is 24.5. The number of carbonyl (C=O) groups is 2. The number of carbonyl (C=O) groups excluding carboxylic acids is 2. The highest BCUT2D eigenvalue weighted by atomic mass is 31.2. The Bertz CT molecular complexity index is 2130. The lowest BCUT2D eigenvalue weighted by Gasteiger charge is -2.28. The molecule has 0 aromatic carbocycles. The molecule has 9 nitrogen and oxygen atoms in total. The highest BCUT2D eigenvalue weighted by Crippen LogP contribution is 2.38. The summed E-state index contributed by atoms with van der Waals surface area (Å²) in [5.41, 5.74) is 0. The van der Waals surface area contributed by atoms with Gasteiger partial charge in [0.15, 0.2) is 6.10 Å². The van der Waals surface area contributed by atoms with Crippen molar-refractivity contribution < 1.29 is 42.1 Å². The topological polar surface area (TPSA) is 111 Å². The van der Waals surface area contributed by atoms with E-state index in [0.29, 0.717) is 17.4 Å². The van der Waals surface area contributed by atoms with Crippen molar-refractivity contribution in [1.29, 1.82) is 0 Å². The summed E-state index contributed by atoms with van der Waals surface area (Å²) in [5.74, 6) is -0.870. The largest absolute Gasteiger partial charge is 0.756 e. The van der Waals surface area contributed by atoms with E-state index >= 15 is 0 Å². The fraction of sp³-hybridized carbons (Fsp3) is 0.625. The zero-order chi connectivity index (χ0) is 65.5. The van der Waals surface area contributed by atoms with Crippen LogP contribution >= 0.6 is 7.82 Å². The lowest BCUT2D eigenvalue weighted by Crippen LogP contribution is -2.37. The maximum absolute atomic E-state index is 12.9. The molecule has 2 atom stereocenters. The SMILES string of the molecule is CC/C=C\C/C=C\C/C=C\C/C=C\C/C=C\C/C=C\C/C=C\C/C=C\C/C=C\C/C=C\C/C=C\C/C=C\CCCCCCC(=O)OC(COC(=O)CCCCCCCCCCCCCCC/C=C\C/C=C\CCCCCCC)COP(=O)([O-])OCC[N+](C)(C)C. The highest BCUT2D eigenvalue weighted by Gasteiger charge is 2.22. The van der Waals surface area contributed by atoms with Gasteiger partial charge in [0.2, 0.25) is 0 Å². The van der Waals surface area contributed by atoms with E-state index in [1.807, 2.05) is 21.1 Å². The van der Waals surface area contributed by atoms with Crippen LogP contribution in [0.2, 0.25) is 0 Å². The van der Waals surface area contributed by atoms with E-state index in [1.165, 1.54) is 109 Å². The second-order valence-corrected chi connectivity index (χ2v) is 25.9. The van der Waals surface area contributed by atoms with Crippen LogP contribution in [0.4, 0.5) is 0 Å². The Morgan fingerprint density at radius 2 is 0.633 bits per heavy atom. The Kier molecular flexibility index (Phi) is 65.2. The van der Waals surface area contributed by atoms with Crippen LogP contribution in [0.15, 0.2) is 170 Å². The number of allylic oxidation sites excluding steroid dienone is 28. The van der Waals surface area contributed by atoms with E-state index in [4.69, 9.17) is 18.5 Å². The fourth-order valence-corrected chi connectivity index (χ4v) is 9.99. The first-order valence-corrected chi connectivity index (χ1v) is 37.3. The number of likely N-dealkylation sites (N-methyl/N-ethyl adjacent to an activating group) is 1. The number of nitrogens with zero attached hydrogens (tertiary/aromatic N) is 1. The number of rotatable bonds is 64. The van der Waals surface area contributed by atoms with Crippen LogP contribution in [0.3, 0.4) is 0 Å². The van der Waals surface area contributed by atoms with Gasteiger partial charge in [0.25, 0.3) is 7.82 Å². The van der Waals surface area contributed by atoms with Crippen molar-refractivity contribution in [2.45, 2.75) is 277 Å². The molecule has 0 rings (SSSR count). The van der Waals surface area contributed by atoms with Crippen LogP contribution in [0.1, 0.15) is 271 Å². The summed E-state index contributed by atoms with van der Waals surface area (Å²) >= 11 is 0. The minimum atomic E-state index is -4.66. The van der Waals surface area contributed by atoms with Gasteiger partial charge in [0.1, 0.15) is 19.8 Å². The molecule has 0 aliphatic rings. The number of phosphoric ester groups is 1. The first-order chi connectivity index (χ1) is 44.0. The first kappa shape index (κ1) is 85.4. The van der Waals surface area contributed by atoms with Gasteiger partial charge >= 0.3 is 11.9 Å². The molecular formula is C80H132NO8P. The molecule has 10 heteroatoms. The number of esters is 2. The van der Waals surface area contributed by atoms with E-state index in [2.05, 4.69) is 184 Å². The Morgan fingerprint density at radius 1 is 0.356 bits per heavy atom. The van der Waals surface area contributed by atoms with Crippen LogP contribution in [0.25, 0.3) is 0 Å². The summed E-state index contributed by atoms with van der Waals surface area (Å²) in [7, 11) is 1.13. The van der Waals surface area contributed by atoms with Crippen molar-refractivity contribution in [3.05, 3.63) is 170 Å². The summed E-state index contributed by atoms with van der Waals surface area (Å²) in [6.45, 7) is 4.08. The average molecular weight is 1270 g/mol. The predicted octanol–water partition coefficient (Wildman–Crippen LogP) is 23.1. The van der Waals surface area contributed by atoms with Crippen molar-refractivity contribution in [3.8, 4) is 0 Å². The van der Waals surface area contributed by atoms with E-state index in [-0.39, 0.29) is 26.1 Å². The first-order valence-electron chi connectivity index (χ1n) is 35.8. The van der Waals surface area contributed by atoms with Crippen LogP contribution in [0.5, 0.6) is 0 Å². The third-order valence-electron chi connectivity index (χ3n) is 14.7. The monoisotopic (exact) mass is 1270 g/mol. The molecule has 2 unspecified atom stereocenters. The smallest absolute Gasteiger partial charge is 0.306 e. The summed E-state index contributed by atoms with van der Waals surface area (Å²) in [4.78, 5) is 38.1. The van der Waals surface area contributed by atoms with E-state index < -0.39 is 32.5 Å². The average Bonchev–Trinajstić information content (AvgIpc) is 3.62. The molecule has 0 radical (unpaired) electrons. The third kappa shape index (κ3) is 72.4. The molecule has 0 amide bonds. The van der Waals surface area contributed by atoms with Gasteiger partial charge in [-0.25, -0.2) is 0 Å². The number of hydrogen-bond donors (Lipinski definition) is 0. The fourth-order valence-electron chi connectivity index (χ4n) is 9.26. The Hall–Kier alpha value is -4.63. The van der Waals surface area contributed by atoms with Gasteiger partial charge in [-0.05, 0) is 135 Å². The molecular weight excluding hydrogens is 1130 g/mol. The maximum Gasteiger partial charge on any atom is 0.306 e. The molecule has 0 saturated carbocycles. The third-order valence-corrected chi connectivity index (χ3v) is 15.7. The molecule has 0 fully saturated rings. The number of unbranched alkanes of at least 4 members (excludes halogenated alkanes) is 22. The normalized spacial score (nSPS) is 14.2. The lowest BCUT2D eigenvalue weighted by molar-refractivity contribution is -0.870. The number of quaternary nitrogens is 1. The molecule has 0 heterocycles. The summed E-state index contributed by atoms with van der Waals surface area (Å²) in [6, 6.07) is 0. The van der Waals surface area contributed by atoms with Gasteiger partial charge in [-0.2, -0.15) is 0 Å². The number of ether oxygens (including phenoxy) is 2. The standard InChI is InChI=1S/C80H132NO8P/c1-6-8-10-12-14-16-18-20-22-24-26-28-30-32-33-34-35-36-37-38-39-40-41-42-43-44-45-46-47-49-51-53-55-57-59-61-63-65-67-69-71-73-80(83)89-78(77-88-90(84,85)87-75-74-81(3,4)5)76-86-79(82)72-70-68-66-64-62-60-58-56-54-52-50-48-31-29-27-25-23-21-19-17-15-13-11-9-7-2/h8,10,14,16,19-22,25-28,32-33,35-36,38-39,41-42,44-45,47,49,53,55,59,61,78H,6-7,9,11-13,15,17-18,23-24,29-31,34,37,40,43,46,48,50-52,54,56-58,60,62-77H2,1-5H3/b10-8-,16-14-,21-19-,22-20-,27-25-,28-26-,33-32-,36-35-,39-38-,42-41-,45-44-,49-47-,55-53-,61-59-. The molecule has 0 aliphatic heterocycles. The van der Waals surface area contributed by atoms with Crippen molar-refractivity contribution in [2.24, 2.45) is 0 Å². The molecule has 0 aromatic rings. The summed E-state index contributed by atoms with van der Waals surface area (Å²) in [6.07, 6.45) is 104. The number of hydrogen-bond acceptors (Lipinski definition) is 8. The van der Waals surface area contributed by atoms with Gasteiger partial charge in [0, 0.05) is 12.8 Å². The van der Waals surface area contributed by atoms with E-state index in [9.17, 15) is 19.0 Å². The van der Waals surface area contributed by atoms with Crippen molar-refractivity contribution in [2.75, 3.05) is 47.5 Å². The lowest BCUT2D eigenvalue weighted by atomic mass is 10.0. The summed E-state index contributed by atoms with van der Waals surface area (Å²) in [5, 5.41) is 0. The highest BCUT2D eigenvalue weighted by molar-refractivity contribution is 7.45. The van der Waals surface area contributed by atoms with Gasteiger partial charge in [0.05, 0.1) is 27.7 Å². The minimum absolute atomic E-state index is 0.0445. The minimum Gasteiger partial charge on any atom is -0.756 e. The molecule has 90 heavy (non-hydrogen) atoms. The maximum atomic E-state index is 12.9. The second kappa shape index (κ2) is 68.7. The van der Waals surface area contributed by atoms with Crippen molar-refractivity contribution in [1.82, 2.24) is 0 Å². The predicted molar refractivity (Wildman–Crippen MR) is 387 cm³/mol. The van der Waals surface area contributed by atoms with Gasteiger partial charge in [-0.1, -0.05) is 293 Å². The zero-order valence-corrected chi connectivity index (χ0v) is 58.9. The van der Waals surface area contributed by atoms with Crippen LogP contribution in [0, 0.1) is 0 Å². The van der Waals surface area contributed by atoms with Crippen LogP contribution < -0.4 is 4.89 Å². The molecule has 0 spiro atoms. The number of phosphoric acid groups is 1. The van der Waals surface area contributed by atoms with Gasteiger partial charge < -0.3 is 27.9 Å². The quantitative estimate of drug-likeness (QED) is 0.0195. The van der Waals surface area contributed by atoms with E-state index in [1.54, 1.807) is 0 Å². The van der Waals surface area contributed by atoms with Gasteiger partial charge in [-0.3, -0.25) is 14.2 Å². The molecule has 0 aromatic heterocycles. The molecule has 0 N–H and O–H groups in total. The Balaban J connectivity index is 4.17. The molecule has 0 aliphatic carbocycles. The zero-order valence-electron chi connectivity index (χ0n) is 58.0. The van der Waals surface area contributed by atoms with Crippen LogP contribution in [-0.2, 0) is 32.7 Å². The molecule has 0 saturated heterocycles. The Labute approximate surface area is 553 Å². The van der Waals surface area contributed by atoms with Crippen molar-refractivity contribution >= 4 is 19.8 Å². The summed E-state index contributed by atoms with van der Waals surface area (Å²) < 4.78 is 34.3. The molecule has 0 bridgehead atoms.